The van der Waals surface area contributed by atoms with E-state index in [-0.39, 0.29) is 5.92 Å². The Balaban J connectivity index is 2.52. The maximum atomic E-state index is 9.95. The van der Waals surface area contributed by atoms with Gasteiger partial charge in [-0.05, 0) is 55.2 Å². The van der Waals surface area contributed by atoms with E-state index >= 15 is 0 Å². The molecule has 114 valence electrons. The van der Waals surface area contributed by atoms with Crippen molar-refractivity contribution in [3.8, 4) is 5.75 Å². The zero-order valence-electron chi connectivity index (χ0n) is 13.3. The Morgan fingerprint density at radius 3 is 2.24 bits per heavy atom. The second kappa shape index (κ2) is 5.66. The Bertz CT molecular complexity index is 577. The van der Waals surface area contributed by atoms with Crippen molar-refractivity contribution in [3.63, 3.8) is 0 Å². The van der Waals surface area contributed by atoms with Gasteiger partial charge in [0.05, 0.1) is 6.10 Å². The molecule has 0 spiro atoms. The number of aryl methyl sites for hydroxylation is 2. The Kier molecular flexibility index (Phi) is 4.26. The number of phenolic OH excluding ortho intramolecular Hbond substituents is 1. The minimum atomic E-state index is -0.603. The maximum absolute atomic E-state index is 9.95. The van der Waals surface area contributed by atoms with Crippen molar-refractivity contribution >= 4 is 0 Å². The summed E-state index contributed by atoms with van der Waals surface area (Å²) in [6, 6.07) is 3.91. The van der Waals surface area contributed by atoms with Crippen molar-refractivity contribution < 1.29 is 14.9 Å². The van der Waals surface area contributed by atoms with Gasteiger partial charge in [-0.15, -0.1) is 0 Å². The van der Waals surface area contributed by atoms with Crippen molar-refractivity contribution in [2.75, 3.05) is 7.11 Å². The SMILES string of the molecule is COC(C)(C1=CC(C)C(O)C=C1)c1cc(C)c(O)c(C)c1. The highest BCUT2D eigenvalue weighted by Crippen LogP contribution is 2.39. The van der Waals surface area contributed by atoms with Crippen LogP contribution in [-0.2, 0) is 10.3 Å². The molecule has 1 aliphatic carbocycles. The fraction of sp³-hybridized carbons (Fsp3) is 0.444. The van der Waals surface area contributed by atoms with Gasteiger partial charge in [0.2, 0.25) is 0 Å². The molecule has 0 amide bonds. The summed E-state index contributed by atoms with van der Waals surface area (Å²) in [7, 11) is 1.68. The minimum absolute atomic E-state index is 0.0544. The fourth-order valence-corrected chi connectivity index (χ4v) is 2.77. The normalized spacial score (nSPS) is 24.6. The van der Waals surface area contributed by atoms with Gasteiger partial charge in [0.1, 0.15) is 11.4 Å². The van der Waals surface area contributed by atoms with Crippen molar-refractivity contribution in [3.05, 3.63) is 52.6 Å². The van der Waals surface area contributed by atoms with E-state index in [1.54, 1.807) is 13.2 Å². The second-order valence-electron chi connectivity index (χ2n) is 6.03. The lowest BCUT2D eigenvalue weighted by molar-refractivity contribution is 0.0363. The van der Waals surface area contributed by atoms with Crippen molar-refractivity contribution in [2.45, 2.75) is 39.4 Å². The number of aromatic hydroxyl groups is 1. The maximum Gasteiger partial charge on any atom is 0.121 e. The lowest BCUT2D eigenvalue weighted by atomic mass is 9.81. The number of aliphatic hydroxyl groups excluding tert-OH is 1. The number of benzene rings is 1. The third kappa shape index (κ3) is 2.76. The molecule has 3 nitrogen and oxygen atoms in total. The highest BCUT2D eigenvalue weighted by Gasteiger charge is 2.33. The van der Waals surface area contributed by atoms with Crippen LogP contribution >= 0.6 is 0 Å². The summed E-state index contributed by atoms with van der Waals surface area (Å²) < 4.78 is 5.81. The first-order valence-corrected chi connectivity index (χ1v) is 7.24. The molecule has 21 heavy (non-hydrogen) atoms. The summed E-state index contributed by atoms with van der Waals surface area (Å²) in [6.07, 6.45) is 5.33. The monoisotopic (exact) mass is 288 g/mol. The van der Waals surface area contributed by atoms with Crippen LogP contribution in [0.15, 0.2) is 35.9 Å². The molecule has 0 aliphatic heterocycles. The van der Waals surface area contributed by atoms with Gasteiger partial charge in [0.15, 0.2) is 0 Å². The molecule has 0 heterocycles. The first kappa shape index (κ1) is 15.8. The molecule has 2 N–H and O–H groups in total. The zero-order valence-corrected chi connectivity index (χ0v) is 13.3. The molecule has 0 radical (unpaired) electrons. The number of rotatable bonds is 3. The molecule has 0 aromatic heterocycles. The van der Waals surface area contributed by atoms with Crippen LogP contribution in [0.4, 0.5) is 0 Å². The number of phenols is 1. The van der Waals surface area contributed by atoms with E-state index in [1.807, 2.05) is 52.0 Å². The predicted octanol–water partition coefficient (Wildman–Crippen LogP) is 3.36. The number of aliphatic hydroxyl groups is 1. The molecule has 0 bridgehead atoms. The van der Waals surface area contributed by atoms with E-state index in [4.69, 9.17) is 4.74 Å². The molecule has 1 aliphatic rings. The van der Waals surface area contributed by atoms with Gasteiger partial charge in [-0.2, -0.15) is 0 Å². The largest absolute Gasteiger partial charge is 0.507 e. The number of ether oxygens (including phenoxy) is 1. The van der Waals surface area contributed by atoms with Crippen LogP contribution in [0.5, 0.6) is 5.75 Å². The van der Waals surface area contributed by atoms with E-state index < -0.39 is 11.7 Å². The Hall–Kier alpha value is -1.58. The number of methoxy groups -OCH3 is 1. The summed E-state index contributed by atoms with van der Waals surface area (Å²) in [4.78, 5) is 0. The van der Waals surface area contributed by atoms with Crippen molar-refractivity contribution in [1.29, 1.82) is 0 Å². The lowest BCUT2D eigenvalue weighted by Crippen LogP contribution is -2.30. The van der Waals surface area contributed by atoms with E-state index in [2.05, 4.69) is 0 Å². The molecule has 1 aromatic rings. The molecule has 3 heteroatoms. The van der Waals surface area contributed by atoms with Gasteiger partial charge >= 0.3 is 0 Å². The molecule has 0 fully saturated rings. The van der Waals surface area contributed by atoms with Crippen LogP contribution in [0, 0.1) is 19.8 Å². The smallest absolute Gasteiger partial charge is 0.121 e. The Labute approximate surface area is 126 Å². The number of hydrogen-bond donors (Lipinski definition) is 2. The summed E-state index contributed by atoms with van der Waals surface area (Å²) in [5, 5.41) is 19.8. The predicted molar refractivity (Wildman–Crippen MR) is 84.3 cm³/mol. The van der Waals surface area contributed by atoms with Crippen LogP contribution in [0.25, 0.3) is 0 Å². The van der Waals surface area contributed by atoms with Crippen LogP contribution in [0.1, 0.15) is 30.5 Å². The van der Waals surface area contributed by atoms with Gasteiger partial charge in [0.25, 0.3) is 0 Å². The molecular formula is C18H24O3. The van der Waals surface area contributed by atoms with Gasteiger partial charge in [-0.3, -0.25) is 0 Å². The fourth-order valence-electron chi connectivity index (χ4n) is 2.77. The van der Waals surface area contributed by atoms with E-state index in [9.17, 15) is 10.2 Å². The standard InChI is InChI=1S/C18H24O3/c1-11-8-14(6-7-16(11)19)18(4,21-5)15-9-12(2)17(20)13(3)10-15/h6-11,16,19-20H,1-5H3. The third-order valence-corrected chi connectivity index (χ3v) is 4.46. The minimum Gasteiger partial charge on any atom is -0.507 e. The average Bonchev–Trinajstić information content (AvgIpc) is 2.46. The Morgan fingerprint density at radius 2 is 1.76 bits per heavy atom. The molecular weight excluding hydrogens is 264 g/mol. The number of hydrogen-bond acceptors (Lipinski definition) is 3. The molecule has 3 unspecified atom stereocenters. The zero-order chi connectivity index (χ0) is 15.8. The highest BCUT2D eigenvalue weighted by atomic mass is 16.5. The summed E-state index contributed by atoms with van der Waals surface area (Å²) in [6.45, 7) is 7.77. The molecule has 3 atom stereocenters. The quantitative estimate of drug-likeness (QED) is 0.896. The first-order valence-electron chi connectivity index (χ1n) is 7.24. The van der Waals surface area contributed by atoms with Crippen LogP contribution in [0.2, 0.25) is 0 Å². The average molecular weight is 288 g/mol. The third-order valence-electron chi connectivity index (χ3n) is 4.46. The first-order chi connectivity index (χ1) is 9.79. The molecule has 0 saturated heterocycles. The van der Waals surface area contributed by atoms with E-state index in [0.29, 0.717) is 5.75 Å². The molecule has 0 saturated carbocycles. The van der Waals surface area contributed by atoms with Gasteiger partial charge in [-0.25, -0.2) is 0 Å². The van der Waals surface area contributed by atoms with Crippen LogP contribution < -0.4 is 0 Å². The Morgan fingerprint density at radius 1 is 1.19 bits per heavy atom. The van der Waals surface area contributed by atoms with Gasteiger partial charge in [-0.1, -0.05) is 25.2 Å². The van der Waals surface area contributed by atoms with E-state index in [0.717, 1.165) is 22.3 Å². The molecule has 1 aromatic carbocycles. The topological polar surface area (TPSA) is 49.7 Å². The lowest BCUT2D eigenvalue weighted by Gasteiger charge is -2.34. The molecule has 2 rings (SSSR count). The van der Waals surface area contributed by atoms with Crippen LogP contribution in [0.3, 0.4) is 0 Å². The van der Waals surface area contributed by atoms with Crippen LogP contribution in [-0.4, -0.2) is 23.4 Å². The van der Waals surface area contributed by atoms with Gasteiger partial charge < -0.3 is 14.9 Å². The summed E-state index contributed by atoms with van der Waals surface area (Å²) in [5.41, 5.74) is 3.08. The van der Waals surface area contributed by atoms with Gasteiger partial charge in [0, 0.05) is 13.0 Å². The van der Waals surface area contributed by atoms with Crippen molar-refractivity contribution in [2.24, 2.45) is 5.92 Å². The van der Waals surface area contributed by atoms with Crippen molar-refractivity contribution in [1.82, 2.24) is 0 Å². The summed E-state index contributed by atoms with van der Waals surface area (Å²) >= 11 is 0. The van der Waals surface area contributed by atoms with E-state index in [1.165, 1.54) is 0 Å². The second-order valence-corrected chi connectivity index (χ2v) is 6.03. The summed E-state index contributed by atoms with van der Waals surface area (Å²) in [5.74, 6) is 0.382. The highest BCUT2D eigenvalue weighted by molar-refractivity contribution is 5.48.